The zero-order chi connectivity index (χ0) is 12.0. The first-order valence-electron chi connectivity index (χ1n) is 4.74. The molecule has 1 aromatic rings. The van der Waals surface area contributed by atoms with E-state index in [2.05, 4.69) is 10.3 Å². The third-order valence-electron chi connectivity index (χ3n) is 2.83. The second kappa shape index (κ2) is 3.50. The third kappa shape index (κ3) is 1.72. The molecule has 1 atom stereocenters. The molecule has 1 aliphatic rings. The van der Waals surface area contributed by atoms with E-state index in [1.165, 1.54) is 12.3 Å². The SMILES string of the molecule is C[C@]1(C(=O)Nc2ccc[nH]c2=O)CC1(Cl)Cl. The maximum atomic E-state index is 11.8. The molecule has 0 radical (unpaired) electrons. The van der Waals surface area contributed by atoms with Crippen molar-refractivity contribution in [2.75, 3.05) is 5.32 Å². The number of amides is 1. The lowest BCUT2D eigenvalue weighted by Crippen LogP contribution is -2.28. The summed E-state index contributed by atoms with van der Waals surface area (Å²) in [6.45, 7) is 1.67. The first-order valence-corrected chi connectivity index (χ1v) is 5.49. The van der Waals surface area contributed by atoms with Crippen LogP contribution in [0.5, 0.6) is 0 Å². The molecule has 1 aliphatic carbocycles. The predicted octanol–water partition coefficient (Wildman–Crippen LogP) is 1.90. The normalized spacial score (nSPS) is 26.2. The summed E-state index contributed by atoms with van der Waals surface area (Å²) in [5, 5.41) is 2.52. The first kappa shape index (κ1) is 11.5. The molecular formula is C10H10Cl2N2O2. The molecule has 2 N–H and O–H groups in total. The summed E-state index contributed by atoms with van der Waals surface area (Å²) in [5.41, 5.74) is -0.974. The van der Waals surface area contributed by atoms with Crippen LogP contribution in [0.1, 0.15) is 13.3 Å². The van der Waals surface area contributed by atoms with Crippen molar-refractivity contribution in [3.05, 3.63) is 28.7 Å². The van der Waals surface area contributed by atoms with Crippen LogP contribution in [0, 0.1) is 5.41 Å². The Hall–Kier alpha value is -1.000. The fraction of sp³-hybridized carbons (Fsp3) is 0.400. The summed E-state index contributed by atoms with van der Waals surface area (Å²) in [6, 6.07) is 3.15. The number of hydrogen-bond acceptors (Lipinski definition) is 2. The lowest BCUT2D eigenvalue weighted by molar-refractivity contribution is -0.120. The van der Waals surface area contributed by atoms with Crippen LogP contribution in [0.15, 0.2) is 23.1 Å². The van der Waals surface area contributed by atoms with Gasteiger partial charge in [0.2, 0.25) is 5.91 Å². The average Bonchev–Trinajstić information content (AvgIpc) is 2.71. The van der Waals surface area contributed by atoms with Crippen LogP contribution in [0.25, 0.3) is 0 Å². The average molecular weight is 261 g/mol. The number of H-pyrrole nitrogens is 1. The Labute approximate surface area is 102 Å². The Morgan fingerprint density at radius 2 is 2.19 bits per heavy atom. The van der Waals surface area contributed by atoms with Gasteiger partial charge in [-0.05, 0) is 25.5 Å². The molecule has 0 saturated heterocycles. The van der Waals surface area contributed by atoms with Crippen molar-refractivity contribution in [1.29, 1.82) is 0 Å². The molecule has 4 nitrogen and oxygen atoms in total. The van der Waals surface area contributed by atoms with Crippen LogP contribution in [-0.4, -0.2) is 15.2 Å². The van der Waals surface area contributed by atoms with Crippen molar-refractivity contribution < 1.29 is 4.79 Å². The van der Waals surface area contributed by atoms with Gasteiger partial charge in [-0.25, -0.2) is 0 Å². The van der Waals surface area contributed by atoms with Crippen molar-refractivity contribution in [3.8, 4) is 0 Å². The van der Waals surface area contributed by atoms with Gasteiger partial charge in [0.15, 0.2) is 0 Å². The number of carbonyl (C=O) groups excluding carboxylic acids is 1. The highest BCUT2D eigenvalue weighted by Crippen LogP contribution is 2.64. The van der Waals surface area contributed by atoms with Crippen molar-refractivity contribution in [3.63, 3.8) is 0 Å². The maximum Gasteiger partial charge on any atom is 0.271 e. The molecule has 86 valence electrons. The molecule has 6 heteroatoms. The number of alkyl halides is 2. The third-order valence-corrected chi connectivity index (χ3v) is 3.93. The molecule has 1 fully saturated rings. The first-order chi connectivity index (χ1) is 7.37. The van der Waals surface area contributed by atoms with E-state index in [1.54, 1.807) is 13.0 Å². The Morgan fingerprint density at radius 3 is 2.69 bits per heavy atom. The van der Waals surface area contributed by atoms with E-state index in [0.717, 1.165) is 0 Å². The summed E-state index contributed by atoms with van der Waals surface area (Å²) in [5.74, 6) is -0.339. The van der Waals surface area contributed by atoms with Gasteiger partial charge in [-0.15, -0.1) is 23.2 Å². The van der Waals surface area contributed by atoms with Gasteiger partial charge in [-0.1, -0.05) is 0 Å². The summed E-state index contributed by atoms with van der Waals surface area (Å²) >= 11 is 11.7. The summed E-state index contributed by atoms with van der Waals surface area (Å²) in [4.78, 5) is 25.6. The fourth-order valence-electron chi connectivity index (χ4n) is 1.43. The van der Waals surface area contributed by atoms with Gasteiger partial charge >= 0.3 is 0 Å². The minimum atomic E-state index is -1.03. The largest absolute Gasteiger partial charge is 0.327 e. The number of aromatic amines is 1. The van der Waals surface area contributed by atoms with Crippen LogP contribution >= 0.6 is 23.2 Å². The van der Waals surface area contributed by atoms with Gasteiger partial charge < -0.3 is 10.3 Å². The number of halogens is 2. The van der Waals surface area contributed by atoms with Gasteiger partial charge in [-0.2, -0.15) is 0 Å². The zero-order valence-electron chi connectivity index (χ0n) is 8.51. The van der Waals surface area contributed by atoms with Gasteiger partial charge in [-0.3, -0.25) is 9.59 Å². The van der Waals surface area contributed by atoms with E-state index in [-0.39, 0.29) is 17.2 Å². The van der Waals surface area contributed by atoms with Gasteiger partial charge in [0.1, 0.15) is 10.0 Å². The Bertz CT molecular complexity index is 498. The highest BCUT2D eigenvalue weighted by molar-refractivity contribution is 6.53. The molecule has 0 aromatic carbocycles. The highest BCUT2D eigenvalue weighted by atomic mass is 35.5. The molecular weight excluding hydrogens is 251 g/mol. The quantitative estimate of drug-likeness (QED) is 0.798. The van der Waals surface area contributed by atoms with Crippen molar-refractivity contribution in [1.82, 2.24) is 4.98 Å². The van der Waals surface area contributed by atoms with Gasteiger partial charge in [0.05, 0.1) is 5.41 Å². The number of hydrogen-bond donors (Lipinski definition) is 2. The van der Waals surface area contributed by atoms with Crippen LogP contribution in [-0.2, 0) is 4.79 Å². The van der Waals surface area contributed by atoms with Crippen LogP contribution in [0.2, 0.25) is 0 Å². The molecule has 1 heterocycles. The monoisotopic (exact) mass is 260 g/mol. The molecule has 16 heavy (non-hydrogen) atoms. The number of rotatable bonds is 2. The van der Waals surface area contributed by atoms with Crippen LogP contribution in [0.3, 0.4) is 0 Å². The van der Waals surface area contributed by atoms with E-state index in [1.807, 2.05) is 0 Å². The van der Waals surface area contributed by atoms with E-state index in [4.69, 9.17) is 23.2 Å². The topological polar surface area (TPSA) is 62.0 Å². The summed E-state index contributed by atoms with van der Waals surface area (Å²) < 4.78 is -1.03. The lowest BCUT2D eigenvalue weighted by Gasteiger charge is -2.11. The van der Waals surface area contributed by atoms with Gasteiger partial charge in [0, 0.05) is 6.20 Å². The highest BCUT2D eigenvalue weighted by Gasteiger charge is 2.67. The number of aromatic nitrogens is 1. The summed E-state index contributed by atoms with van der Waals surface area (Å²) in [6.07, 6.45) is 1.88. The smallest absolute Gasteiger partial charge is 0.271 e. The van der Waals surface area contributed by atoms with Crippen LogP contribution < -0.4 is 10.9 Å². The maximum absolute atomic E-state index is 11.8. The standard InChI is InChI=1S/C10H10Cl2N2O2/c1-9(5-10(9,11)12)8(16)14-6-3-2-4-13-7(6)15/h2-4H,5H2,1H3,(H,13,15)(H,14,16)/t9-/m1/s1. The Kier molecular flexibility index (Phi) is 2.51. The van der Waals surface area contributed by atoms with E-state index in [9.17, 15) is 9.59 Å². The Morgan fingerprint density at radius 1 is 1.56 bits per heavy atom. The number of pyridine rings is 1. The van der Waals surface area contributed by atoms with Crippen molar-refractivity contribution >= 4 is 34.8 Å². The van der Waals surface area contributed by atoms with E-state index in [0.29, 0.717) is 6.42 Å². The van der Waals surface area contributed by atoms with Crippen molar-refractivity contribution in [2.45, 2.75) is 17.7 Å². The molecule has 2 rings (SSSR count). The Balaban J connectivity index is 2.16. The molecule has 0 bridgehead atoms. The number of carbonyl (C=O) groups is 1. The fourth-order valence-corrected chi connectivity index (χ4v) is 2.13. The number of nitrogens with one attached hydrogen (secondary N) is 2. The van der Waals surface area contributed by atoms with E-state index >= 15 is 0 Å². The molecule has 1 saturated carbocycles. The molecule has 1 amide bonds. The second-order valence-electron chi connectivity index (χ2n) is 4.08. The predicted molar refractivity (Wildman–Crippen MR) is 62.9 cm³/mol. The van der Waals surface area contributed by atoms with Crippen LogP contribution in [0.4, 0.5) is 5.69 Å². The molecule has 1 aromatic heterocycles. The van der Waals surface area contributed by atoms with Crippen molar-refractivity contribution in [2.24, 2.45) is 5.41 Å². The zero-order valence-corrected chi connectivity index (χ0v) is 10.0. The minimum Gasteiger partial charge on any atom is -0.327 e. The van der Waals surface area contributed by atoms with Gasteiger partial charge in [0.25, 0.3) is 5.56 Å². The second-order valence-corrected chi connectivity index (χ2v) is 5.56. The molecule has 0 spiro atoms. The summed E-state index contributed by atoms with van der Waals surface area (Å²) in [7, 11) is 0. The lowest BCUT2D eigenvalue weighted by atomic mass is 10.1. The minimum absolute atomic E-state index is 0.199. The number of anilines is 1. The van der Waals surface area contributed by atoms with E-state index < -0.39 is 9.75 Å². The molecule has 0 unspecified atom stereocenters. The molecule has 0 aliphatic heterocycles.